The Bertz CT molecular complexity index is 2230. The van der Waals surface area contributed by atoms with Crippen LogP contribution in [0.25, 0.3) is 17.1 Å². The first-order valence-corrected chi connectivity index (χ1v) is 20.0. The number of carbonyl (C=O) groups is 4. The van der Waals surface area contributed by atoms with Crippen LogP contribution < -0.4 is 21.1 Å². The van der Waals surface area contributed by atoms with Crippen LogP contribution in [0.1, 0.15) is 39.5 Å². The van der Waals surface area contributed by atoms with Crippen molar-refractivity contribution in [3.8, 4) is 22.8 Å². The zero-order valence-corrected chi connectivity index (χ0v) is 33.6. The normalized spacial score (nSPS) is 19.8. The summed E-state index contributed by atoms with van der Waals surface area (Å²) >= 11 is 6.55. The van der Waals surface area contributed by atoms with Gasteiger partial charge in [0.2, 0.25) is 5.91 Å². The predicted octanol–water partition coefficient (Wildman–Crippen LogP) is 2.75. The number of piperazine rings is 1. The van der Waals surface area contributed by atoms with Gasteiger partial charge in [-0.3, -0.25) is 14.4 Å². The number of alkyl halides is 3. The minimum absolute atomic E-state index is 0.0303. The molecule has 3 saturated heterocycles. The zero-order chi connectivity index (χ0) is 42.8. The van der Waals surface area contributed by atoms with Gasteiger partial charge in [0.1, 0.15) is 12.4 Å². The van der Waals surface area contributed by atoms with Gasteiger partial charge in [0.25, 0.3) is 11.8 Å². The van der Waals surface area contributed by atoms with Gasteiger partial charge in [0, 0.05) is 89.4 Å². The van der Waals surface area contributed by atoms with Crippen molar-refractivity contribution in [2.75, 3.05) is 83.9 Å². The molecule has 3 fully saturated rings. The molecule has 6 heterocycles. The van der Waals surface area contributed by atoms with E-state index in [2.05, 4.69) is 25.7 Å². The average Bonchev–Trinajstić information content (AvgIpc) is 3.83. The third kappa shape index (κ3) is 9.25. The maximum absolute atomic E-state index is 14.2. The number of nitrogens with two attached hydrogens (primary N) is 1. The monoisotopic (exact) mass is 856 g/mol. The van der Waals surface area contributed by atoms with E-state index in [9.17, 15) is 37.5 Å². The van der Waals surface area contributed by atoms with Crippen LogP contribution >= 0.6 is 11.6 Å². The van der Waals surface area contributed by atoms with Crippen LogP contribution in [0, 0.1) is 11.8 Å². The Labute approximate surface area is 347 Å². The number of quaternary nitrogens is 1. The van der Waals surface area contributed by atoms with E-state index in [0.717, 1.165) is 36.7 Å². The van der Waals surface area contributed by atoms with Crippen LogP contribution in [-0.4, -0.2) is 146 Å². The van der Waals surface area contributed by atoms with Crippen molar-refractivity contribution in [1.29, 1.82) is 0 Å². The van der Waals surface area contributed by atoms with E-state index in [-0.39, 0.29) is 76.6 Å². The molecule has 3 aliphatic rings. The Morgan fingerprint density at radius 3 is 2.35 bits per heavy atom. The van der Waals surface area contributed by atoms with Crippen LogP contribution in [0.5, 0.6) is 5.75 Å². The molecule has 3 amide bonds. The number of benzene rings is 1. The number of carbonyl (C=O) groups excluding carboxylic acids is 3. The number of nitrogens with zero attached hydrogens (tertiary/aromatic N) is 8. The largest absolute Gasteiger partial charge is 0.491 e. The lowest BCUT2D eigenvalue weighted by Crippen LogP contribution is -2.62. The van der Waals surface area contributed by atoms with Gasteiger partial charge in [-0.25, -0.2) is 19.4 Å². The van der Waals surface area contributed by atoms with Crippen LogP contribution in [0.3, 0.4) is 0 Å². The first-order valence-electron chi connectivity index (χ1n) is 19.6. The van der Waals surface area contributed by atoms with Gasteiger partial charge in [-0.05, 0) is 30.3 Å². The van der Waals surface area contributed by atoms with Crippen molar-refractivity contribution in [1.82, 2.24) is 39.4 Å². The van der Waals surface area contributed by atoms with Crippen molar-refractivity contribution in [3.05, 3.63) is 71.0 Å². The van der Waals surface area contributed by atoms with E-state index in [1.54, 1.807) is 9.80 Å². The fourth-order valence-corrected chi connectivity index (χ4v) is 8.38. The number of aliphatic carboxylic acids is 1. The van der Waals surface area contributed by atoms with Crippen LogP contribution in [0.15, 0.2) is 48.9 Å². The molecule has 60 heavy (non-hydrogen) atoms. The number of rotatable bonds is 13. The fraction of sp³-hybridized carbons (Fsp3) is 0.462. The minimum Gasteiger partial charge on any atom is -0.491 e. The fourth-order valence-electron chi connectivity index (χ4n) is 8.12. The number of anilines is 1. The number of nitrogens with one attached hydrogen (secondary N) is 2. The van der Waals surface area contributed by atoms with Gasteiger partial charge in [0.05, 0.1) is 53.9 Å². The Morgan fingerprint density at radius 1 is 1.03 bits per heavy atom. The quantitative estimate of drug-likeness (QED) is 0.144. The van der Waals surface area contributed by atoms with Gasteiger partial charge in [-0.2, -0.15) is 18.3 Å². The number of carboxylic acids is 1. The molecule has 0 bridgehead atoms. The molecule has 0 aliphatic carbocycles. The van der Waals surface area contributed by atoms with E-state index >= 15 is 0 Å². The van der Waals surface area contributed by atoms with Crippen molar-refractivity contribution in [2.45, 2.75) is 19.0 Å². The smallest absolute Gasteiger partial charge is 0.435 e. The molecule has 7 rings (SSSR count). The molecule has 320 valence electrons. The lowest BCUT2D eigenvalue weighted by molar-refractivity contribution is -0.929. The van der Waals surface area contributed by atoms with Gasteiger partial charge in [-0.15, -0.1) is 0 Å². The van der Waals surface area contributed by atoms with E-state index in [0.29, 0.717) is 68.3 Å². The summed E-state index contributed by atoms with van der Waals surface area (Å²) in [5.41, 5.74) is 4.29. The maximum Gasteiger partial charge on any atom is 0.435 e. The molecular formula is C39H46ClF3N11O6+. The first kappa shape index (κ1) is 42.6. The highest BCUT2D eigenvalue weighted by Crippen LogP contribution is 2.37. The molecule has 0 unspecified atom stereocenters. The third-order valence-corrected chi connectivity index (χ3v) is 11.7. The number of piperidine rings is 1. The molecule has 1 aromatic carbocycles. The van der Waals surface area contributed by atoms with E-state index < -0.39 is 23.7 Å². The highest BCUT2D eigenvalue weighted by molar-refractivity contribution is 6.34. The zero-order valence-electron chi connectivity index (χ0n) is 32.8. The summed E-state index contributed by atoms with van der Waals surface area (Å²) in [6.07, 6.45) is 0.0290. The standard InChI is InChI=1S/C39H45ClF3N11O6/c1-50-31(29-21-53(49-34(29)39(41,42)43)32-5-3-27(19-46-32)60-15-8-44)20-47-35(50)36(57)48-26-2-4-28(30(40)16-26)38(59)52-11-9-51(10-12-52)37(58)25-6-13-54(14-7-25,23-33(55)56)22-24-17-45-18-24/h2-5,16,19-21,24-25,45H,6-15,17-18,22-23,44H2,1H3,(H-,48,55,56,57,59)/p+1. The average molecular weight is 857 g/mol. The molecule has 21 heteroatoms. The molecule has 5 N–H and O–H groups in total. The van der Waals surface area contributed by atoms with Crippen molar-refractivity contribution in [3.63, 3.8) is 0 Å². The molecule has 4 aromatic rings. The number of ether oxygens (including phenoxy) is 1. The van der Waals surface area contributed by atoms with Gasteiger partial charge in [-0.1, -0.05) is 11.6 Å². The SMILES string of the molecule is Cn1c(-c2cn(-c3ccc(OCCN)cn3)nc2C(F)(F)F)cnc1C(=O)Nc1ccc(C(=O)N2CCN(C(=O)C3CC[N+](CC(=O)O)(CC4CNC4)CC3)CC2)c(Cl)c1. The number of hydrogen-bond donors (Lipinski definition) is 4. The summed E-state index contributed by atoms with van der Waals surface area (Å²) in [4.78, 5) is 63.7. The minimum atomic E-state index is -4.85. The molecule has 0 spiro atoms. The summed E-state index contributed by atoms with van der Waals surface area (Å²) < 4.78 is 50.7. The van der Waals surface area contributed by atoms with Crippen molar-refractivity contribution in [2.24, 2.45) is 24.6 Å². The Hall–Kier alpha value is -5.57. The van der Waals surface area contributed by atoms with Gasteiger partial charge in [0.15, 0.2) is 23.9 Å². The van der Waals surface area contributed by atoms with Gasteiger partial charge < -0.3 is 45.1 Å². The maximum atomic E-state index is 14.2. The number of likely N-dealkylation sites (tertiary alicyclic amines) is 1. The summed E-state index contributed by atoms with van der Waals surface area (Å²) in [6.45, 7) is 5.74. The van der Waals surface area contributed by atoms with Crippen molar-refractivity contribution >= 4 is 41.0 Å². The molecule has 0 saturated carbocycles. The number of pyridine rings is 1. The van der Waals surface area contributed by atoms with Crippen LogP contribution in [0.4, 0.5) is 18.9 Å². The number of carboxylic acid groups (broad SMARTS) is 1. The topological polar surface area (TPSA) is 203 Å². The number of hydrogen-bond acceptors (Lipinski definition) is 10. The number of amides is 3. The van der Waals surface area contributed by atoms with Crippen LogP contribution in [0.2, 0.25) is 5.02 Å². The lowest BCUT2D eigenvalue weighted by Gasteiger charge is -2.46. The molecule has 0 radical (unpaired) electrons. The Morgan fingerprint density at radius 2 is 1.75 bits per heavy atom. The second-order valence-electron chi connectivity index (χ2n) is 15.4. The third-order valence-electron chi connectivity index (χ3n) is 11.4. The lowest BCUT2D eigenvalue weighted by atomic mass is 9.90. The molecule has 17 nitrogen and oxygen atoms in total. The first-order chi connectivity index (χ1) is 28.6. The number of aromatic nitrogens is 5. The number of imidazole rings is 1. The van der Waals surface area contributed by atoms with E-state index in [1.165, 1.54) is 48.1 Å². The molecule has 3 aliphatic heterocycles. The Balaban J connectivity index is 0.954. The Kier molecular flexibility index (Phi) is 12.5. The summed E-state index contributed by atoms with van der Waals surface area (Å²) in [6, 6.07) is 7.33. The predicted molar refractivity (Wildman–Crippen MR) is 211 cm³/mol. The number of halogens is 4. The molecule has 0 atom stereocenters. The van der Waals surface area contributed by atoms with Crippen LogP contribution in [-0.2, 0) is 22.8 Å². The van der Waals surface area contributed by atoms with Crippen molar-refractivity contribution < 1.29 is 46.7 Å². The molecule has 3 aromatic heterocycles. The summed E-state index contributed by atoms with van der Waals surface area (Å²) in [7, 11) is 1.40. The summed E-state index contributed by atoms with van der Waals surface area (Å²) in [5.74, 6) is -1.33. The highest BCUT2D eigenvalue weighted by Gasteiger charge is 2.42. The highest BCUT2D eigenvalue weighted by atomic mass is 35.5. The van der Waals surface area contributed by atoms with E-state index in [4.69, 9.17) is 22.1 Å². The second kappa shape index (κ2) is 17.6. The van der Waals surface area contributed by atoms with Gasteiger partial charge >= 0.3 is 12.1 Å². The van der Waals surface area contributed by atoms with E-state index in [1.807, 2.05) is 0 Å². The second-order valence-corrected chi connectivity index (χ2v) is 15.8. The summed E-state index contributed by atoms with van der Waals surface area (Å²) in [5, 5.41) is 19.3. The molecular weight excluding hydrogens is 811 g/mol.